The number of carboxylic acid groups (broad SMARTS) is 1. The summed E-state index contributed by atoms with van der Waals surface area (Å²) >= 11 is 6.40. The third kappa shape index (κ3) is 3.56. The molecule has 1 aliphatic heterocycles. The smallest absolute Gasteiger partial charge is 0.323 e. The van der Waals surface area contributed by atoms with Gasteiger partial charge in [-0.05, 0) is 6.07 Å². The summed E-state index contributed by atoms with van der Waals surface area (Å²) in [7, 11) is 1.69. The minimum atomic E-state index is -0.934. The van der Waals surface area contributed by atoms with E-state index in [-0.39, 0.29) is 31.5 Å². The van der Waals surface area contributed by atoms with Crippen molar-refractivity contribution in [2.24, 2.45) is 0 Å². The molecule has 3 aromatic rings. The summed E-state index contributed by atoms with van der Waals surface area (Å²) in [6.45, 7) is 1.28. The van der Waals surface area contributed by atoms with Crippen LogP contribution in [0.3, 0.4) is 0 Å². The quantitative estimate of drug-likeness (QED) is 0.685. The molecule has 4 rings (SSSR count). The van der Waals surface area contributed by atoms with E-state index < -0.39 is 5.97 Å². The van der Waals surface area contributed by atoms with E-state index in [1.165, 1.54) is 6.33 Å². The topological polar surface area (TPSA) is 80.5 Å². The molecule has 1 saturated heterocycles. The number of anilines is 1. The van der Waals surface area contributed by atoms with E-state index in [9.17, 15) is 9.90 Å². The largest absolute Gasteiger partial charge is 0.480 e. The zero-order valence-electron chi connectivity index (χ0n) is 15.1. The maximum Gasteiger partial charge on any atom is 0.323 e. The second kappa shape index (κ2) is 7.91. The van der Waals surface area contributed by atoms with Gasteiger partial charge in [0.2, 0.25) is 0 Å². The van der Waals surface area contributed by atoms with Gasteiger partial charge in [-0.1, -0.05) is 29.8 Å². The fourth-order valence-corrected chi connectivity index (χ4v) is 3.50. The van der Waals surface area contributed by atoms with Gasteiger partial charge >= 0.3 is 5.97 Å². The first kappa shape index (κ1) is 19.7. The van der Waals surface area contributed by atoms with Crippen molar-refractivity contribution in [3.63, 3.8) is 0 Å². The first-order valence-corrected chi connectivity index (χ1v) is 8.54. The molecule has 3 heterocycles. The molecule has 1 N–H and O–H groups in total. The van der Waals surface area contributed by atoms with Gasteiger partial charge in [0, 0.05) is 61.4 Å². The van der Waals surface area contributed by atoms with Crippen LogP contribution in [0.25, 0.3) is 22.2 Å². The number of carboxylic acids is 1. The monoisotopic (exact) mass is 379 g/mol. The van der Waals surface area contributed by atoms with Crippen molar-refractivity contribution < 1.29 is 14.6 Å². The predicted molar refractivity (Wildman–Crippen MR) is 104 cm³/mol. The van der Waals surface area contributed by atoms with E-state index in [2.05, 4.69) is 14.9 Å². The molecule has 0 spiro atoms. The molecule has 135 valence electrons. The van der Waals surface area contributed by atoms with Gasteiger partial charge in [0.15, 0.2) is 0 Å². The van der Waals surface area contributed by atoms with Crippen molar-refractivity contribution in [2.75, 3.05) is 25.1 Å². The Balaban J connectivity index is 0.00000210. The van der Waals surface area contributed by atoms with Crippen LogP contribution in [0.15, 0.2) is 36.8 Å². The SMILES string of the molecule is COC1CN(c2ncnc3c2c(-c2ccccc2Cl)cn3CC(=O)O)C1.[Li]. The average molecular weight is 380 g/mol. The zero-order valence-corrected chi connectivity index (χ0v) is 15.8. The van der Waals surface area contributed by atoms with Crippen LogP contribution < -0.4 is 4.90 Å². The molecular weight excluding hydrogens is 363 g/mol. The minimum Gasteiger partial charge on any atom is -0.480 e. The summed E-state index contributed by atoms with van der Waals surface area (Å²) in [6.07, 6.45) is 3.42. The van der Waals surface area contributed by atoms with Crippen molar-refractivity contribution in [1.82, 2.24) is 14.5 Å². The Bertz CT molecular complexity index is 988. The van der Waals surface area contributed by atoms with Gasteiger partial charge in [-0.15, -0.1) is 0 Å². The standard InChI is InChI=1S/C18H17ClN4O3.Li/c1-26-11-6-22(7-11)17-16-13(12-4-2-3-5-14(12)19)8-23(9-15(24)25)18(16)21-10-20-17;/h2-5,8,10-11H,6-7,9H2,1H3,(H,24,25);. The van der Waals surface area contributed by atoms with E-state index in [0.29, 0.717) is 10.7 Å². The molecule has 0 atom stereocenters. The van der Waals surface area contributed by atoms with Gasteiger partial charge < -0.3 is 19.3 Å². The summed E-state index contributed by atoms with van der Waals surface area (Å²) in [5, 5.41) is 10.6. The van der Waals surface area contributed by atoms with Crippen LogP contribution in [0.1, 0.15) is 0 Å². The van der Waals surface area contributed by atoms with Gasteiger partial charge in [-0.3, -0.25) is 4.79 Å². The minimum absolute atomic E-state index is 0. The number of halogens is 1. The number of aliphatic carboxylic acids is 1. The Kier molecular flexibility index (Phi) is 5.77. The molecule has 1 fully saturated rings. The maximum absolute atomic E-state index is 11.3. The second-order valence-corrected chi connectivity index (χ2v) is 6.61. The van der Waals surface area contributed by atoms with Gasteiger partial charge in [0.05, 0.1) is 11.5 Å². The Morgan fingerprint density at radius 3 is 2.70 bits per heavy atom. The first-order valence-electron chi connectivity index (χ1n) is 8.16. The number of aromatic nitrogens is 3. The molecule has 2 aromatic heterocycles. The van der Waals surface area contributed by atoms with Gasteiger partial charge in [-0.25, -0.2) is 9.97 Å². The van der Waals surface area contributed by atoms with Crippen molar-refractivity contribution in [1.29, 1.82) is 0 Å². The van der Waals surface area contributed by atoms with Gasteiger partial charge in [0.1, 0.15) is 24.3 Å². The van der Waals surface area contributed by atoms with E-state index in [1.807, 2.05) is 24.3 Å². The molecule has 0 amide bonds. The van der Waals surface area contributed by atoms with Gasteiger partial charge in [-0.2, -0.15) is 0 Å². The van der Waals surface area contributed by atoms with E-state index in [4.69, 9.17) is 16.3 Å². The Morgan fingerprint density at radius 2 is 2.04 bits per heavy atom. The van der Waals surface area contributed by atoms with E-state index >= 15 is 0 Å². The first-order chi connectivity index (χ1) is 12.6. The Morgan fingerprint density at radius 1 is 1.30 bits per heavy atom. The normalized spacial score (nSPS) is 14.1. The van der Waals surface area contributed by atoms with Crippen molar-refractivity contribution in [2.45, 2.75) is 12.6 Å². The molecule has 1 aliphatic rings. The van der Waals surface area contributed by atoms with Crippen LogP contribution in [0.4, 0.5) is 5.82 Å². The molecule has 1 aromatic carbocycles. The van der Waals surface area contributed by atoms with Gasteiger partial charge in [0.25, 0.3) is 0 Å². The number of ether oxygens (including phenoxy) is 1. The zero-order chi connectivity index (χ0) is 18.3. The van der Waals surface area contributed by atoms with Crippen LogP contribution in [-0.2, 0) is 16.1 Å². The Hall–Kier alpha value is -2.04. The molecule has 0 aliphatic carbocycles. The molecule has 0 unspecified atom stereocenters. The van der Waals surface area contributed by atoms with Crippen molar-refractivity contribution >= 4 is 53.3 Å². The molecule has 7 nitrogen and oxygen atoms in total. The summed E-state index contributed by atoms with van der Waals surface area (Å²) < 4.78 is 6.97. The molecule has 0 bridgehead atoms. The molecule has 0 saturated carbocycles. The predicted octanol–water partition coefficient (Wildman–Crippen LogP) is 2.29. The number of carbonyl (C=O) groups is 1. The second-order valence-electron chi connectivity index (χ2n) is 6.20. The third-order valence-corrected chi connectivity index (χ3v) is 4.91. The third-order valence-electron chi connectivity index (χ3n) is 4.58. The fourth-order valence-electron chi connectivity index (χ4n) is 3.26. The summed E-state index contributed by atoms with van der Waals surface area (Å²) in [5.74, 6) is -0.168. The molecular formula is C18H17ClLiN4O3. The number of fused-ring (bicyclic) bond motifs is 1. The Labute approximate surface area is 173 Å². The number of benzene rings is 1. The van der Waals surface area contributed by atoms with Crippen molar-refractivity contribution in [3.05, 3.63) is 41.8 Å². The fraction of sp³-hybridized carbons (Fsp3) is 0.278. The van der Waals surface area contributed by atoms with E-state index in [0.717, 1.165) is 35.4 Å². The number of methoxy groups -OCH3 is 1. The maximum atomic E-state index is 11.3. The number of nitrogens with zero attached hydrogens (tertiary/aromatic N) is 4. The number of hydrogen-bond donors (Lipinski definition) is 1. The van der Waals surface area contributed by atoms with Crippen LogP contribution in [0.5, 0.6) is 0 Å². The van der Waals surface area contributed by atoms with Crippen LogP contribution in [0, 0.1) is 0 Å². The summed E-state index contributed by atoms with van der Waals surface area (Å²) in [6, 6.07) is 7.48. The summed E-state index contributed by atoms with van der Waals surface area (Å²) in [4.78, 5) is 22.2. The average Bonchev–Trinajstić information content (AvgIpc) is 2.93. The summed E-state index contributed by atoms with van der Waals surface area (Å²) in [5.41, 5.74) is 2.22. The van der Waals surface area contributed by atoms with Crippen molar-refractivity contribution in [3.8, 4) is 11.1 Å². The van der Waals surface area contributed by atoms with E-state index in [1.54, 1.807) is 17.9 Å². The number of hydrogen-bond acceptors (Lipinski definition) is 5. The molecule has 1 radical (unpaired) electrons. The molecule has 9 heteroatoms. The molecule has 27 heavy (non-hydrogen) atoms. The number of rotatable bonds is 5. The van der Waals surface area contributed by atoms with Crippen LogP contribution in [0.2, 0.25) is 5.02 Å². The van der Waals surface area contributed by atoms with Crippen LogP contribution in [-0.4, -0.2) is 70.8 Å². The van der Waals surface area contributed by atoms with Crippen LogP contribution >= 0.6 is 11.6 Å².